The van der Waals surface area contributed by atoms with E-state index in [1.807, 2.05) is 0 Å². The number of carboxylic acid groups (broad SMARTS) is 1. The lowest BCUT2D eigenvalue weighted by Crippen LogP contribution is -2.46. The minimum Gasteiger partial charge on any atom is -0.480 e. The monoisotopic (exact) mass is 276 g/mol. The van der Waals surface area contributed by atoms with E-state index < -0.39 is 29.8 Å². The number of carboxylic acids is 1. The molecule has 1 heterocycles. The Balaban J connectivity index is 3.35. The molecule has 0 spiro atoms. The Morgan fingerprint density at radius 1 is 1.37 bits per heavy atom. The van der Waals surface area contributed by atoms with Gasteiger partial charge in [0.15, 0.2) is 0 Å². The van der Waals surface area contributed by atoms with E-state index >= 15 is 0 Å². The van der Waals surface area contributed by atoms with Crippen LogP contribution in [0.25, 0.3) is 0 Å². The molecule has 1 aromatic heterocycles. The van der Waals surface area contributed by atoms with Crippen LogP contribution in [-0.4, -0.2) is 28.1 Å². The number of hydrogen-bond acceptors (Lipinski definition) is 3. The molecule has 0 amide bonds. The largest absolute Gasteiger partial charge is 0.480 e. The van der Waals surface area contributed by atoms with Crippen LogP contribution in [0.2, 0.25) is 0 Å². The van der Waals surface area contributed by atoms with Crippen molar-refractivity contribution >= 4 is 11.8 Å². The summed E-state index contributed by atoms with van der Waals surface area (Å²) in [7, 11) is 0. The first kappa shape index (κ1) is 15.3. The summed E-state index contributed by atoms with van der Waals surface area (Å²) in [6.45, 7) is 4.34. The van der Waals surface area contributed by atoms with Crippen molar-refractivity contribution in [2.75, 3.05) is 11.4 Å². The SMILES string of the molecule is CC(C)(C)N(CC(=O)O)c1ncccc1C(F)(F)F. The molecular weight excluding hydrogens is 261 g/mol. The minimum absolute atomic E-state index is 0.370. The minimum atomic E-state index is -4.58. The molecule has 0 aliphatic heterocycles. The van der Waals surface area contributed by atoms with Crippen LogP contribution in [0.4, 0.5) is 19.0 Å². The number of rotatable bonds is 3. The molecule has 19 heavy (non-hydrogen) atoms. The first-order valence-corrected chi connectivity index (χ1v) is 5.55. The van der Waals surface area contributed by atoms with Gasteiger partial charge in [-0.25, -0.2) is 4.98 Å². The lowest BCUT2D eigenvalue weighted by Gasteiger charge is -2.36. The van der Waals surface area contributed by atoms with Gasteiger partial charge in [0.05, 0.1) is 5.56 Å². The quantitative estimate of drug-likeness (QED) is 0.922. The molecule has 106 valence electrons. The first-order valence-electron chi connectivity index (χ1n) is 5.55. The van der Waals surface area contributed by atoms with E-state index in [1.54, 1.807) is 20.8 Å². The molecule has 0 bridgehead atoms. The fraction of sp³-hybridized carbons (Fsp3) is 0.500. The predicted molar refractivity (Wildman–Crippen MR) is 64.0 cm³/mol. The van der Waals surface area contributed by atoms with Gasteiger partial charge in [0, 0.05) is 11.7 Å². The zero-order chi connectivity index (χ0) is 14.8. The summed E-state index contributed by atoms with van der Waals surface area (Å²) < 4.78 is 38.8. The highest BCUT2D eigenvalue weighted by molar-refractivity contribution is 5.74. The predicted octanol–water partition coefficient (Wildman–Crippen LogP) is 2.79. The summed E-state index contributed by atoms with van der Waals surface area (Å²) in [6, 6.07) is 2.07. The van der Waals surface area contributed by atoms with Crippen LogP contribution < -0.4 is 4.90 Å². The van der Waals surface area contributed by atoms with E-state index in [4.69, 9.17) is 5.11 Å². The lowest BCUT2D eigenvalue weighted by atomic mass is 10.0. The van der Waals surface area contributed by atoms with Gasteiger partial charge in [-0.05, 0) is 32.9 Å². The molecule has 4 nitrogen and oxygen atoms in total. The number of pyridine rings is 1. The fourth-order valence-electron chi connectivity index (χ4n) is 1.60. The summed E-state index contributed by atoms with van der Waals surface area (Å²) in [5.41, 5.74) is -1.74. The van der Waals surface area contributed by atoms with Gasteiger partial charge in [0.25, 0.3) is 0 Å². The summed E-state index contributed by atoms with van der Waals surface area (Å²) in [5, 5.41) is 8.85. The Morgan fingerprint density at radius 3 is 2.37 bits per heavy atom. The van der Waals surface area contributed by atoms with E-state index in [-0.39, 0.29) is 5.82 Å². The standard InChI is InChI=1S/C12H15F3N2O2/c1-11(2,3)17(7-9(18)19)10-8(12(13,14)15)5-4-6-16-10/h4-6H,7H2,1-3H3,(H,18,19). The number of aliphatic carboxylic acids is 1. The van der Waals surface area contributed by atoms with E-state index in [1.165, 1.54) is 12.3 Å². The Kier molecular flexibility index (Phi) is 4.07. The normalized spacial score (nSPS) is 12.3. The van der Waals surface area contributed by atoms with Crippen molar-refractivity contribution in [3.05, 3.63) is 23.9 Å². The number of carbonyl (C=O) groups is 1. The second kappa shape index (κ2) is 5.07. The first-order chi connectivity index (χ1) is 8.53. The van der Waals surface area contributed by atoms with Gasteiger partial charge in [-0.3, -0.25) is 4.79 Å². The smallest absolute Gasteiger partial charge is 0.419 e. The fourth-order valence-corrected chi connectivity index (χ4v) is 1.60. The Bertz CT molecular complexity index is 467. The van der Waals surface area contributed by atoms with E-state index in [2.05, 4.69) is 4.98 Å². The van der Waals surface area contributed by atoms with Crippen LogP contribution in [0.1, 0.15) is 26.3 Å². The van der Waals surface area contributed by atoms with E-state index in [0.717, 1.165) is 11.0 Å². The summed E-state index contributed by atoms with van der Waals surface area (Å²) in [4.78, 5) is 15.7. The third-order valence-corrected chi connectivity index (χ3v) is 2.45. The molecule has 0 aliphatic carbocycles. The maximum absolute atomic E-state index is 12.9. The lowest BCUT2D eigenvalue weighted by molar-refractivity contribution is -0.138. The Morgan fingerprint density at radius 2 is 1.95 bits per heavy atom. The van der Waals surface area contributed by atoms with Crippen molar-refractivity contribution in [2.45, 2.75) is 32.5 Å². The highest BCUT2D eigenvalue weighted by Crippen LogP contribution is 2.37. The molecule has 0 atom stereocenters. The summed E-state index contributed by atoms with van der Waals surface area (Å²) in [5.74, 6) is -1.58. The number of hydrogen-bond donors (Lipinski definition) is 1. The van der Waals surface area contributed by atoms with Crippen LogP contribution in [0, 0.1) is 0 Å². The molecule has 0 aromatic carbocycles. The Labute approximate surface area is 108 Å². The Hall–Kier alpha value is -1.79. The maximum atomic E-state index is 12.9. The molecular formula is C12H15F3N2O2. The van der Waals surface area contributed by atoms with Gasteiger partial charge in [-0.1, -0.05) is 0 Å². The molecule has 1 N–H and O–H groups in total. The molecule has 0 radical (unpaired) electrons. The van der Waals surface area contributed by atoms with E-state index in [9.17, 15) is 18.0 Å². The van der Waals surface area contributed by atoms with Crippen LogP contribution in [0.5, 0.6) is 0 Å². The highest BCUT2D eigenvalue weighted by Gasteiger charge is 2.38. The number of alkyl halides is 3. The molecule has 0 fully saturated rings. The van der Waals surface area contributed by atoms with Crippen molar-refractivity contribution in [2.24, 2.45) is 0 Å². The van der Waals surface area contributed by atoms with Gasteiger partial charge >= 0.3 is 12.1 Å². The van der Waals surface area contributed by atoms with Gasteiger partial charge in [-0.2, -0.15) is 13.2 Å². The highest BCUT2D eigenvalue weighted by atomic mass is 19.4. The zero-order valence-electron chi connectivity index (χ0n) is 10.8. The van der Waals surface area contributed by atoms with Crippen LogP contribution in [0.3, 0.4) is 0 Å². The average Bonchev–Trinajstić information content (AvgIpc) is 2.23. The second-order valence-electron chi connectivity index (χ2n) is 5.02. The van der Waals surface area contributed by atoms with Crippen molar-refractivity contribution < 1.29 is 23.1 Å². The maximum Gasteiger partial charge on any atom is 0.419 e. The second-order valence-corrected chi connectivity index (χ2v) is 5.02. The molecule has 0 saturated heterocycles. The summed E-state index contributed by atoms with van der Waals surface area (Å²) >= 11 is 0. The van der Waals surface area contributed by atoms with Crippen molar-refractivity contribution in [1.29, 1.82) is 0 Å². The van der Waals surface area contributed by atoms with Gasteiger partial charge in [0.2, 0.25) is 0 Å². The van der Waals surface area contributed by atoms with Crippen molar-refractivity contribution in [3.63, 3.8) is 0 Å². The molecule has 0 saturated carbocycles. The van der Waals surface area contributed by atoms with Crippen LogP contribution in [-0.2, 0) is 11.0 Å². The van der Waals surface area contributed by atoms with Gasteiger partial charge in [-0.15, -0.1) is 0 Å². The number of nitrogens with zero attached hydrogens (tertiary/aromatic N) is 2. The van der Waals surface area contributed by atoms with Crippen molar-refractivity contribution in [1.82, 2.24) is 4.98 Å². The number of aromatic nitrogens is 1. The van der Waals surface area contributed by atoms with Gasteiger partial charge < -0.3 is 10.0 Å². The molecule has 0 aliphatic rings. The molecule has 0 unspecified atom stereocenters. The van der Waals surface area contributed by atoms with Crippen molar-refractivity contribution in [3.8, 4) is 0 Å². The molecule has 1 aromatic rings. The van der Waals surface area contributed by atoms with Crippen LogP contribution >= 0.6 is 0 Å². The topological polar surface area (TPSA) is 53.4 Å². The van der Waals surface area contributed by atoms with Gasteiger partial charge in [0.1, 0.15) is 12.4 Å². The molecule has 7 heteroatoms. The number of halogens is 3. The van der Waals surface area contributed by atoms with E-state index in [0.29, 0.717) is 0 Å². The number of anilines is 1. The van der Waals surface area contributed by atoms with Crippen LogP contribution in [0.15, 0.2) is 18.3 Å². The molecule has 1 rings (SSSR count). The summed E-state index contributed by atoms with van der Waals surface area (Å²) in [6.07, 6.45) is -3.36. The third kappa shape index (κ3) is 3.84. The average molecular weight is 276 g/mol. The zero-order valence-corrected chi connectivity index (χ0v) is 10.8. The third-order valence-electron chi connectivity index (χ3n) is 2.45.